The maximum atomic E-state index is 13.7. The molecular formula is C56H64Cl2N2O8. The number of aromatic hydroxyl groups is 2. The number of phenols is 2. The lowest BCUT2D eigenvalue weighted by molar-refractivity contribution is -0.149. The molecule has 8 aliphatic carbocycles. The number of phenolic OH excluding ortho intramolecular Hbond substituents is 2. The SMILES string of the molecule is CCC(=O)Oc1ccc(CCNC(=O)C23CC4CC(C2)CC(c2ccc(Cl)cc2)(C4)C3)cc1OC(=O)CC.O=C(NCCc1ccc(O)c(O)c1)C12CC3CC(C1)CC(c1ccc(Cl)cc1)(C3)C2. The molecule has 8 saturated carbocycles. The van der Waals surface area contributed by atoms with E-state index < -0.39 is 11.9 Å². The number of hydrogen-bond donors (Lipinski definition) is 4. The maximum Gasteiger partial charge on any atom is 0.311 e. The van der Waals surface area contributed by atoms with Crippen LogP contribution in [0.5, 0.6) is 23.0 Å². The van der Waals surface area contributed by atoms with Gasteiger partial charge in [-0.2, -0.15) is 0 Å². The molecular weight excluding hydrogens is 900 g/mol. The van der Waals surface area contributed by atoms with Gasteiger partial charge in [0.25, 0.3) is 0 Å². The van der Waals surface area contributed by atoms with E-state index in [1.807, 2.05) is 30.3 Å². The predicted octanol–water partition coefficient (Wildman–Crippen LogP) is 11.1. The fraction of sp³-hybridized carbons (Fsp3) is 0.500. The third-order valence-electron chi connectivity index (χ3n) is 16.5. The zero-order valence-corrected chi connectivity index (χ0v) is 40.7. The normalized spacial score (nSPS) is 29.1. The van der Waals surface area contributed by atoms with Crippen LogP contribution >= 0.6 is 23.2 Å². The van der Waals surface area contributed by atoms with Crippen LogP contribution < -0.4 is 20.1 Å². The highest BCUT2D eigenvalue weighted by Crippen LogP contribution is 2.67. The fourth-order valence-electron chi connectivity index (χ4n) is 14.3. The second-order valence-corrected chi connectivity index (χ2v) is 22.2. The highest BCUT2D eigenvalue weighted by atomic mass is 35.5. The van der Waals surface area contributed by atoms with Gasteiger partial charge >= 0.3 is 11.9 Å². The summed E-state index contributed by atoms with van der Waals surface area (Å²) in [6.45, 7) is 4.44. The number of rotatable bonds is 14. The van der Waals surface area contributed by atoms with Crippen LogP contribution in [0.2, 0.25) is 10.0 Å². The van der Waals surface area contributed by atoms with Crippen LogP contribution in [-0.2, 0) is 42.8 Å². The third-order valence-corrected chi connectivity index (χ3v) is 17.0. The number of halogens is 2. The van der Waals surface area contributed by atoms with Crippen molar-refractivity contribution in [2.45, 2.75) is 127 Å². The van der Waals surface area contributed by atoms with E-state index in [0.717, 1.165) is 72.5 Å². The Balaban J connectivity index is 0.000000174. The van der Waals surface area contributed by atoms with E-state index in [0.29, 0.717) is 49.6 Å². The van der Waals surface area contributed by atoms with Crippen molar-refractivity contribution >= 4 is 47.0 Å². The monoisotopic (exact) mass is 962 g/mol. The summed E-state index contributed by atoms with van der Waals surface area (Å²) < 4.78 is 10.8. The van der Waals surface area contributed by atoms with Crippen LogP contribution in [0.15, 0.2) is 84.9 Å². The lowest BCUT2D eigenvalue weighted by Gasteiger charge is -2.61. The molecule has 0 aliphatic heterocycles. The molecule has 8 fully saturated rings. The van der Waals surface area contributed by atoms with Gasteiger partial charge in [0.05, 0.1) is 10.8 Å². The molecule has 0 saturated heterocycles. The second-order valence-electron chi connectivity index (χ2n) is 21.3. The first kappa shape index (κ1) is 48.0. The van der Waals surface area contributed by atoms with Crippen molar-refractivity contribution in [3.63, 3.8) is 0 Å². The lowest BCUT2D eigenvalue weighted by atomic mass is 9.42. The third kappa shape index (κ3) is 9.87. The van der Waals surface area contributed by atoms with E-state index in [1.165, 1.54) is 42.9 Å². The Morgan fingerprint density at radius 2 is 0.956 bits per heavy atom. The van der Waals surface area contributed by atoms with Crippen LogP contribution in [0.25, 0.3) is 0 Å². The van der Waals surface area contributed by atoms with Gasteiger partial charge in [-0.15, -0.1) is 0 Å². The Hall–Kier alpha value is -5.06. The van der Waals surface area contributed by atoms with Crippen molar-refractivity contribution in [3.05, 3.63) is 117 Å². The minimum atomic E-state index is -0.402. The highest BCUT2D eigenvalue weighted by Gasteiger charge is 2.62. The molecule has 360 valence electrons. The molecule has 0 spiro atoms. The first-order valence-corrected chi connectivity index (χ1v) is 25.5. The molecule has 4 atom stereocenters. The van der Waals surface area contributed by atoms with E-state index in [9.17, 15) is 29.4 Å². The van der Waals surface area contributed by atoms with Crippen molar-refractivity contribution in [1.29, 1.82) is 0 Å². The Bertz CT molecular complexity index is 2510. The quantitative estimate of drug-likeness (QED) is 0.0554. The Kier molecular flexibility index (Phi) is 13.7. The largest absolute Gasteiger partial charge is 0.504 e. The molecule has 12 rings (SSSR count). The topological polar surface area (TPSA) is 151 Å². The van der Waals surface area contributed by atoms with E-state index in [2.05, 4.69) is 34.9 Å². The minimum Gasteiger partial charge on any atom is -0.504 e. The average molecular weight is 964 g/mol. The number of hydrogen-bond acceptors (Lipinski definition) is 8. The van der Waals surface area contributed by atoms with Gasteiger partial charge in [-0.3, -0.25) is 19.2 Å². The van der Waals surface area contributed by atoms with Crippen LogP contribution in [0.4, 0.5) is 0 Å². The first-order valence-electron chi connectivity index (χ1n) is 24.8. The molecule has 4 unspecified atom stereocenters. The van der Waals surface area contributed by atoms with E-state index in [4.69, 9.17) is 32.7 Å². The number of carbonyl (C=O) groups is 4. The summed E-state index contributed by atoms with van der Waals surface area (Å²) in [6, 6.07) is 26.6. The van der Waals surface area contributed by atoms with Crippen LogP contribution in [0.1, 0.15) is 126 Å². The minimum absolute atomic E-state index is 0.0653. The second kappa shape index (κ2) is 19.4. The first-order chi connectivity index (χ1) is 32.6. The zero-order chi connectivity index (χ0) is 47.8. The van der Waals surface area contributed by atoms with Gasteiger partial charge in [0.2, 0.25) is 11.8 Å². The molecule has 12 heteroatoms. The summed E-state index contributed by atoms with van der Waals surface area (Å²) in [5.74, 6) is 2.21. The predicted molar refractivity (Wildman–Crippen MR) is 262 cm³/mol. The summed E-state index contributed by atoms with van der Waals surface area (Å²) in [5.41, 5.74) is 4.05. The fourth-order valence-corrected chi connectivity index (χ4v) is 14.6. The standard InChI is InChI=1S/C31H36ClNO5.C25H28ClNO3/c1-3-27(34)37-25-10-5-20(14-26(25)38-28(35)4-2)11-12-33-29(36)31-17-21-13-22(18-31)16-30(15-21,19-31)23-6-8-24(32)9-7-23;26-20-4-2-19(3-5-20)24-11-17-9-18(12-24)14-25(13-17,15-24)23(30)27-8-7-16-1-6-21(28)22(29)10-16/h5-10,14,21-22H,3-4,11-13,15-19H2,1-2H3,(H,33,36);1-6,10,17-18,28-29H,7-9,11-15H2,(H,27,30). The Morgan fingerprint density at radius 1 is 0.544 bits per heavy atom. The molecule has 0 heterocycles. The van der Waals surface area contributed by atoms with Gasteiger partial charge in [-0.05, 0) is 195 Å². The average Bonchev–Trinajstić information content (AvgIpc) is 3.30. The van der Waals surface area contributed by atoms with Crippen LogP contribution in [-0.4, -0.2) is 47.1 Å². The van der Waals surface area contributed by atoms with Crippen LogP contribution in [0.3, 0.4) is 0 Å². The van der Waals surface area contributed by atoms with E-state index >= 15 is 0 Å². The van der Waals surface area contributed by atoms with Crippen molar-refractivity contribution in [1.82, 2.24) is 10.6 Å². The van der Waals surface area contributed by atoms with Crippen molar-refractivity contribution < 1.29 is 38.9 Å². The number of esters is 2. The van der Waals surface area contributed by atoms with Gasteiger partial charge in [0.15, 0.2) is 23.0 Å². The van der Waals surface area contributed by atoms with E-state index in [1.54, 1.807) is 38.1 Å². The highest BCUT2D eigenvalue weighted by molar-refractivity contribution is 6.30. The molecule has 8 aliphatic rings. The summed E-state index contributed by atoms with van der Waals surface area (Å²) in [7, 11) is 0. The Morgan fingerprint density at radius 3 is 1.38 bits per heavy atom. The van der Waals surface area contributed by atoms with Gasteiger partial charge < -0.3 is 30.3 Å². The number of carbonyl (C=O) groups excluding carboxylic acids is 4. The summed E-state index contributed by atoms with van der Waals surface area (Å²) in [5, 5.41) is 27.1. The summed E-state index contributed by atoms with van der Waals surface area (Å²) in [4.78, 5) is 50.9. The maximum absolute atomic E-state index is 13.7. The van der Waals surface area contributed by atoms with Crippen molar-refractivity contribution in [2.75, 3.05) is 13.1 Å². The van der Waals surface area contributed by atoms with E-state index in [-0.39, 0.29) is 69.3 Å². The van der Waals surface area contributed by atoms with Gasteiger partial charge in [-0.25, -0.2) is 0 Å². The van der Waals surface area contributed by atoms with Crippen LogP contribution in [0, 0.1) is 34.5 Å². The number of benzene rings is 4. The molecule has 4 aromatic carbocycles. The van der Waals surface area contributed by atoms with Crippen molar-refractivity contribution in [2.24, 2.45) is 34.5 Å². The molecule has 4 aromatic rings. The molecule has 2 amide bonds. The van der Waals surface area contributed by atoms with Gasteiger partial charge in [-0.1, -0.05) is 73.4 Å². The Labute approximate surface area is 409 Å². The molecule has 68 heavy (non-hydrogen) atoms. The van der Waals surface area contributed by atoms with Crippen molar-refractivity contribution in [3.8, 4) is 23.0 Å². The molecule has 0 radical (unpaired) electrons. The molecule has 4 N–H and O–H groups in total. The zero-order valence-electron chi connectivity index (χ0n) is 39.2. The number of ether oxygens (including phenoxy) is 2. The molecule has 10 nitrogen and oxygen atoms in total. The summed E-state index contributed by atoms with van der Waals surface area (Å²) in [6.07, 6.45) is 14.6. The molecule has 8 bridgehead atoms. The lowest BCUT2D eigenvalue weighted by Crippen LogP contribution is -2.59. The number of amides is 2. The van der Waals surface area contributed by atoms with Gasteiger partial charge in [0.1, 0.15) is 0 Å². The smallest absolute Gasteiger partial charge is 0.311 e. The summed E-state index contributed by atoms with van der Waals surface area (Å²) >= 11 is 12.3. The van der Waals surface area contributed by atoms with Gasteiger partial charge in [0, 0.05) is 36.0 Å². The number of nitrogens with one attached hydrogen (secondary N) is 2. The molecule has 0 aromatic heterocycles.